The van der Waals surface area contributed by atoms with Gasteiger partial charge in [-0.25, -0.2) is 13.4 Å². The number of sulfonamides is 1. The Hall–Kier alpha value is -0.950. The van der Waals surface area contributed by atoms with Crippen LogP contribution in [0.5, 0.6) is 0 Å². The van der Waals surface area contributed by atoms with E-state index in [1.54, 1.807) is 6.92 Å². The molecule has 19 heavy (non-hydrogen) atoms. The number of benzene rings is 1. The minimum absolute atomic E-state index is 0.241. The second kappa shape index (κ2) is 4.56. The summed E-state index contributed by atoms with van der Waals surface area (Å²) >= 11 is 6.80. The van der Waals surface area contributed by atoms with Crippen LogP contribution >= 0.6 is 22.9 Å². The molecule has 0 radical (unpaired) electrons. The second-order valence-corrected chi connectivity index (χ2v) is 8.10. The van der Waals surface area contributed by atoms with Crippen molar-refractivity contribution in [3.8, 4) is 0 Å². The number of halogens is 1. The molecule has 0 saturated carbocycles. The monoisotopic (exact) mass is 314 g/mol. The molecule has 0 amide bonds. The molecule has 0 saturated heterocycles. The molecule has 2 aromatic rings. The highest BCUT2D eigenvalue weighted by atomic mass is 35.5. The molecule has 0 bridgehead atoms. The molecule has 0 unspecified atom stereocenters. The first-order valence-electron chi connectivity index (χ1n) is 5.68. The standard InChI is InChI=1S/C12H11ClN2O2S2/c1-8-11(18-12(13)14-8)19(16,17)15-6-9-4-2-3-5-10(9)7-15/h2-5H,6-7H2,1H3. The summed E-state index contributed by atoms with van der Waals surface area (Å²) < 4.78 is 27.1. The number of aromatic nitrogens is 1. The molecule has 0 atom stereocenters. The molecule has 7 heteroatoms. The Morgan fingerprint density at radius 1 is 1.26 bits per heavy atom. The quantitative estimate of drug-likeness (QED) is 0.856. The molecular formula is C12H11ClN2O2S2. The van der Waals surface area contributed by atoms with Crippen LogP contribution < -0.4 is 0 Å². The Kier molecular flexibility index (Phi) is 3.13. The maximum Gasteiger partial charge on any atom is 0.255 e. The Morgan fingerprint density at radius 3 is 2.32 bits per heavy atom. The number of hydrogen-bond donors (Lipinski definition) is 0. The van der Waals surface area contributed by atoms with Gasteiger partial charge in [0.05, 0.1) is 5.69 Å². The number of fused-ring (bicyclic) bond motifs is 1. The maximum atomic E-state index is 12.6. The van der Waals surface area contributed by atoms with E-state index in [0.717, 1.165) is 22.5 Å². The van der Waals surface area contributed by atoms with Gasteiger partial charge in [-0.15, -0.1) is 0 Å². The zero-order valence-corrected chi connectivity index (χ0v) is 12.5. The molecule has 3 rings (SSSR count). The fraction of sp³-hybridized carbons (Fsp3) is 0.250. The number of nitrogens with zero attached hydrogens (tertiary/aromatic N) is 2. The van der Waals surface area contributed by atoms with Gasteiger partial charge >= 0.3 is 0 Å². The van der Waals surface area contributed by atoms with E-state index in [-0.39, 0.29) is 8.68 Å². The molecule has 1 aromatic heterocycles. The zero-order valence-electron chi connectivity index (χ0n) is 10.1. The van der Waals surface area contributed by atoms with Gasteiger partial charge in [0.1, 0.15) is 0 Å². The lowest BCUT2D eigenvalue weighted by atomic mass is 10.1. The van der Waals surface area contributed by atoms with Gasteiger partial charge in [-0.3, -0.25) is 0 Å². The van der Waals surface area contributed by atoms with Crippen LogP contribution in [0.15, 0.2) is 28.5 Å². The lowest BCUT2D eigenvalue weighted by Crippen LogP contribution is -2.25. The topological polar surface area (TPSA) is 50.3 Å². The van der Waals surface area contributed by atoms with Crippen molar-refractivity contribution < 1.29 is 8.42 Å². The zero-order chi connectivity index (χ0) is 13.6. The summed E-state index contributed by atoms with van der Waals surface area (Å²) in [5, 5.41) is 0. The largest absolute Gasteiger partial charge is 0.255 e. The molecule has 1 aromatic carbocycles. The van der Waals surface area contributed by atoms with Crippen molar-refractivity contribution in [1.29, 1.82) is 0 Å². The lowest BCUT2D eigenvalue weighted by Gasteiger charge is -2.14. The summed E-state index contributed by atoms with van der Waals surface area (Å²) in [5.74, 6) is 0. The van der Waals surface area contributed by atoms with Crippen molar-refractivity contribution in [3.63, 3.8) is 0 Å². The average molecular weight is 315 g/mol. The van der Waals surface area contributed by atoms with Crippen LogP contribution in [0.3, 0.4) is 0 Å². The van der Waals surface area contributed by atoms with E-state index in [2.05, 4.69) is 4.98 Å². The van der Waals surface area contributed by atoms with Crippen LogP contribution in [0.4, 0.5) is 0 Å². The number of aryl methyl sites for hydroxylation is 1. The van der Waals surface area contributed by atoms with Crippen LogP contribution in [-0.2, 0) is 23.1 Å². The average Bonchev–Trinajstić information content (AvgIpc) is 2.92. The highest BCUT2D eigenvalue weighted by Crippen LogP contribution is 2.33. The van der Waals surface area contributed by atoms with Gasteiger partial charge < -0.3 is 0 Å². The molecule has 0 fully saturated rings. The third-order valence-corrected chi connectivity index (χ3v) is 6.75. The molecule has 0 spiro atoms. The number of thiazole rings is 1. The summed E-state index contributed by atoms with van der Waals surface area (Å²) in [4.78, 5) is 3.98. The van der Waals surface area contributed by atoms with Crippen molar-refractivity contribution in [3.05, 3.63) is 45.6 Å². The smallest absolute Gasteiger partial charge is 0.229 e. The van der Waals surface area contributed by atoms with Gasteiger partial charge in [-0.2, -0.15) is 4.31 Å². The van der Waals surface area contributed by atoms with Crippen molar-refractivity contribution in [2.45, 2.75) is 24.2 Å². The van der Waals surface area contributed by atoms with Crippen molar-refractivity contribution >= 4 is 33.0 Å². The van der Waals surface area contributed by atoms with Gasteiger partial charge in [-0.1, -0.05) is 47.2 Å². The minimum atomic E-state index is -3.51. The Bertz CT molecular complexity index is 715. The first-order chi connectivity index (χ1) is 8.98. The lowest BCUT2D eigenvalue weighted by molar-refractivity contribution is 0.432. The molecule has 4 nitrogen and oxygen atoms in total. The molecule has 1 aliphatic rings. The van der Waals surface area contributed by atoms with Crippen LogP contribution in [-0.4, -0.2) is 17.7 Å². The first-order valence-corrected chi connectivity index (χ1v) is 8.32. The Labute approximate surface area is 120 Å². The van der Waals surface area contributed by atoms with E-state index in [9.17, 15) is 8.42 Å². The van der Waals surface area contributed by atoms with E-state index >= 15 is 0 Å². The summed E-state index contributed by atoms with van der Waals surface area (Å²) in [6, 6.07) is 7.75. The summed E-state index contributed by atoms with van der Waals surface area (Å²) in [5.41, 5.74) is 2.57. The maximum absolute atomic E-state index is 12.6. The van der Waals surface area contributed by atoms with Crippen LogP contribution in [0.1, 0.15) is 16.8 Å². The molecule has 1 aliphatic heterocycles. The van der Waals surface area contributed by atoms with Gasteiger partial charge in [0.2, 0.25) is 0 Å². The van der Waals surface area contributed by atoms with E-state index < -0.39 is 10.0 Å². The van der Waals surface area contributed by atoms with Crippen molar-refractivity contribution in [2.24, 2.45) is 0 Å². The van der Waals surface area contributed by atoms with Gasteiger partial charge in [0.15, 0.2) is 8.68 Å². The molecule has 0 aliphatic carbocycles. The second-order valence-electron chi connectivity index (χ2n) is 4.38. The fourth-order valence-electron chi connectivity index (χ4n) is 2.18. The summed E-state index contributed by atoms with van der Waals surface area (Å²) in [7, 11) is -3.51. The summed E-state index contributed by atoms with van der Waals surface area (Å²) in [6.07, 6.45) is 0. The minimum Gasteiger partial charge on any atom is -0.229 e. The Morgan fingerprint density at radius 2 is 1.84 bits per heavy atom. The van der Waals surface area contributed by atoms with Gasteiger partial charge in [0.25, 0.3) is 10.0 Å². The van der Waals surface area contributed by atoms with E-state index in [1.807, 2.05) is 24.3 Å². The summed E-state index contributed by atoms with van der Waals surface area (Å²) in [6.45, 7) is 2.49. The van der Waals surface area contributed by atoms with Crippen LogP contribution in [0.25, 0.3) is 0 Å². The van der Waals surface area contributed by atoms with Crippen LogP contribution in [0.2, 0.25) is 4.47 Å². The van der Waals surface area contributed by atoms with Crippen molar-refractivity contribution in [2.75, 3.05) is 0 Å². The number of rotatable bonds is 2. The highest BCUT2D eigenvalue weighted by molar-refractivity contribution is 7.91. The third-order valence-electron chi connectivity index (χ3n) is 3.11. The molecule has 100 valence electrons. The highest BCUT2D eigenvalue weighted by Gasteiger charge is 2.33. The van der Waals surface area contributed by atoms with Crippen molar-refractivity contribution in [1.82, 2.24) is 9.29 Å². The molecule has 2 heterocycles. The fourth-order valence-corrected chi connectivity index (χ4v) is 5.45. The molecular weight excluding hydrogens is 304 g/mol. The van der Waals surface area contributed by atoms with E-state index in [4.69, 9.17) is 11.6 Å². The van der Waals surface area contributed by atoms with E-state index in [0.29, 0.717) is 18.8 Å². The SMILES string of the molecule is Cc1nc(Cl)sc1S(=O)(=O)N1Cc2ccccc2C1. The van der Waals surface area contributed by atoms with Gasteiger partial charge in [0, 0.05) is 13.1 Å². The predicted molar refractivity (Wildman–Crippen MR) is 74.7 cm³/mol. The normalized spacial score (nSPS) is 15.7. The van der Waals surface area contributed by atoms with E-state index in [1.165, 1.54) is 4.31 Å². The van der Waals surface area contributed by atoms with Crippen LogP contribution in [0, 0.1) is 6.92 Å². The molecule has 0 N–H and O–H groups in total. The predicted octanol–water partition coefficient (Wildman–Crippen LogP) is 2.81. The van der Waals surface area contributed by atoms with Gasteiger partial charge in [-0.05, 0) is 18.1 Å². The Balaban J connectivity index is 1.98. The third kappa shape index (κ3) is 2.18. The number of hydrogen-bond acceptors (Lipinski definition) is 4. The first kappa shape index (κ1) is 13.1.